The van der Waals surface area contributed by atoms with E-state index < -0.39 is 29.8 Å². The van der Waals surface area contributed by atoms with Crippen molar-refractivity contribution in [3.63, 3.8) is 0 Å². The minimum absolute atomic E-state index is 0.149. The smallest absolute Gasteiger partial charge is 0.407 e. The van der Waals surface area contributed by atoms with Gasteiger partial charge in [0.25, 0.3) is 0 Å². The molecule has 2 aromatic rings. The van der Waals surface area contributed by atoms with Crippen LogP contribution in [0.25, 0.3) is 0 Å². The van der Waals surface area contributed by atoms with Gasteiger partial charge in [0.05, 0.1) is 12.0 Å². The topological polar surface area (TPSA) is 105 Å². The minimum Gasteiger partial charge on any atom is -0.445 e. The molecule has 0 heterocycles. The summed E-state index contributed by atoms with van der Waals surface area (Å²) in [5.74, 6) is -1.96. The highest BCUT2D eigenvalue weighted by molar-refractivity contribution is 9.10. The van der Waals surface area contributed by atoms with Crippen LogP contribution < -0.4 is 11.1 Å². The standard InChI is InChI=1S/C23H24BrN3O3/c24-17-9-4-8-16(12-17)19(13-25)21-18(22(26)28)10-5-11-20(21)27-23(29)30-14-15-6-2-1-3-7-15/h1-4,6-9,12,18-21H,5,10-11,14H2,(H2,26,28)(H,27,29)/t18-,19?,20+,21-/m0/s1. The molecule has 156 valence electrons. The molecule has 1 saturated carbocycles. The maximum atomic E-state index is 12.5. The summed E-state index contributed by atoms with van der Waals surface area (Å²) in [6.45, 7) is 0.149. The Morgan fingerprint density at radius 1 is 1.20 bits per heavy atom. The van der Waals surface area contributed by atoms with Crippen LogP contribution >= 0.6 is 15.9 Å². The number of rotatable bonds is 6. The zero-order chi connectivity index (χ0) is 21.5. The number of nitrogens with one attached hydrogen (secondary N) is 1. The molecule has 0 radical (unpaired) electrons. The lowest BCUT2D eigenvalue weighted by Gasteiger charge is -2.39. The Labute approximate surface area is 184 Å². The van der Waals surface area contributed by atoms with Crippen molar-refractivity contribution in [2.75, 3.05) is 0 Å². The number of hydrogen-bond acceptors (Lipinski definition) is 4. The van der Waals surface area contributed by atoms with Gasteiger partial charge in [-0.3, -0.25) is 4.79 Å². The fourth-order valence-corrected chi connectivity index (χ4v) is 4.60. The lowest BCUT2D eigenvalue weighted by molar-refractivity contribution is -0.125. The van der Waals surface area contributed by atoms with E-state index in [4.69, 9.17) is 10.5 Å². The van der Waals surface area contributed by atoms with Crippen LogP contribution in [0.3, 0.4) is 0 Å². The number of carbonyl (C=O) groups is 2. The van der Waals surface area contributed by atoms with Crippen molar-refractivity contribution in [3.8, 4) is 6.07 Å². The molecule has 2 aromatic carbocycles. The predicted octanol–water partition coefficient (Wildman–Crippen LogP) is 4.25. The molecule has 7 heteroatoms. The number of amides is 2. The summed E-state index contributed by atoms with van der Waals surface area (Å²) in [6, 6.07) is 18.8. The molecule has 0 aliphatic heterocycles. The number of benzene rings is 2. The number of hydrogen-bond donors (Lipinski definition) is 2. The van der Waals surface area contributed by atoms with Gasteiger partial charge in [-0.05, 0) is 36.1 Å². The number of ether oxygens (including phenoxy) is 1. The van der Waals surface area contributed by atoms with Crippen LogP contribution in [0, 0.1) is 23.2 Å². The Bertz CT molecular complexity index is 929. The quantitative estimate of drug-likeness (QED) is 0.659. The molecule has 0 bridgehead atoms. The zero-order valence-corrected chi connectivity index (χ0v) is 18.0. The zero-order valence-electron chi connectivity index (χ0n) is 16.5. The van der Waals surface area contributed by atoms with E-state index in [0.29, 0.717) is 12.8 Å². The van der Waals surface area contributed by atoms with Gasteiger partial charge in [-0.25, -0.2) is 4.79 Å². The summed E-state index contributed by atoms with van der Waals surface area (Å²) in [5, 5.41) is 12.9. The lowest BCUT2D eigenvalue weighted by Crippen LogP contribution is -2.50. The van der Waals surface area contributed by atoms with Gasteiger partial charge >= 0.3 is 6.09 Å². The summed E-state index contributed by atoms with van der Waals surface area (Å²) in [5.41, 5.74) is 7.35. The molecule has 1 aliphatic carbocycles. The Hall–Kier alpha value is -2.85. The third-order valence-electron chi connectivity index (χ3n) is 5.57. The predicted molar refractivity (Wildman–Crippen MR) is 116 cm³/mol. The average molecular weight is 470 g/mol. The third kappa shape index (κ3) is 5.39. The van der Waals surface area contributed by atoms with E-state index in [-0.39, 0.29) is 12.6 Å². The van der Waals surface area contributed by atoms with E-state index >= 15 is 0 Å². The SMILES string of the molecule is N#CC(c1cccc(Br)c1)[C@@H]1[C@@H](C(N)=O)CCC[C@H]1NC(=O)OCc1ccccc1. The first kappa shape index (κ1) is 21.8. The van der Waals surface area contributed by atoms with Crippen LogP contribution in [0.4, 0.5) is 4.79 Å². The highest BCUT2D eigenvalue weighted by Crippen LogP contribution is 2.40. The maximum Gasteiger partial charge on any atom is 0.407 e. The first-order valence-electron chi connectivity index (χ1n) is 9.91. The summed E-state index contributed by atoms with van der Waals surface area (Å²) < 4.78 is 6.20. The summed E-state index contributed by atoms with van der Waals surface area (Å²) >= 11 is 3.44. The van der Waals surface area contributed by atoms with Crippen molar-refractivity contribution < 1.29 is 14.3 Å². The number of nitrogens with two attached hydrogens (primary N) is 1. The van der Waals surface area contributed by atoms with Crippen LogP contribution in [0.1, 0.15) is 36.3 Å². The van der Waals surface area contributed by atoms with Gasteiger partial charge in [-0.2, -0.15) is 5.26 Å². The van der Waals surface area contributed by atoms with E-state index in [2.05, 4.69) is 27.3 Å². The lowest BCUT2D eigenvalue weighted by atomic mass is 9.67. The summed E-state index contributed by atoms with van der Waals surface area (Å²) in [4.78, 5) is 24.7. The van der Waals surface area contributed by atoms with Crippen LogP contribution in [-0.4, -0.2) is 18.0 Å². The second-order valence-electron chi connectivity index (χ2n) is 7.49. The fourth-order valence-electron chi connectivity index (χ4n) is 4.19. The van der Waals surface area contributed by atoms with Gasteiger partial charge < -0.3 is 15.8 Å². The van der Waals surface area contributed by atoms with E-state index in [1.807, 2.05) is 54.6 Å². The molecule has 6 nitrogen and oxygen atoms in total. The van der Waals surface area contributed by atoms with E-state index in [0.717, 1.165) is 22.0 Å². The monoisotopic (exact) mass is 469 g/mol. The first-order valence-corrected chi connectivity index (χ1v) is 10.7. The molecule has 0 saturated heterocycles. The highest BCUT2D eigenvalue weighted by Gasteiger charge is 2.43. The third-order valence-corrected chi connectivity index (χ3v) is 6.07. The van der Waals surface area contributed by atoms with Gasteiger partial charge in [0.2, 0.25) is 5.91 Å². The fraction of sp³-hybridized carbons (Fsp3) is 0.348. The Morgan fingerprint density at radius 3 is 2.63 bits per heavy atom. The first-order chi connectivity index (χ1) is 14.5. The van der Waals surface area contributed by atoms with Crippen LogP contribution in [0.2, 0.25) is 0 Å². The van der Waals surface area contributed by atoms with Crippen molar-refractivity contribution in [1.82, 2.24) is 5.32 Å². The Kier molecular flexibility index (Phi) is 7.47. The summed E-state index contributed by atoms with van der Waals surface area (Å²) in [6.07, 6.45) is 1.43. The molecule has 1 fully saturated rings. The molecule has 1 unspecified atom stereocenters. The Morgan fingerprint density at radius 2 is 1.97 bits per heavy atom. The molecule has 0 aromatic heterocycles. The molecular weight excluding hydrogens is 446 g/mol. The summed E-state index contributed by atoms with van der Waals surface area (Å²) in [7, 11) is 0. The Balaban J connectivity index is 1.79. The largest absolute Gasteiger partial charge is 0.445 e. The van der Waals surface area contributed by atoms with E-state index in [9.17, 15) is 14.9 Å². The average Bonchev–Trinajstić information content (AvgIpc) is 2.74. The maximum absolute atomic E-state index is 12.5. The van der Waals surface area contributed by atoms with Crippen LogP contribution in [0.15, 0.2) is 59.1 Å². The van der Waals surface area contributed by atoms with E-state index in [1.165, 1.54) is 0 Å². The van der Waals surface area contributed by atoms with Gasteiger partial charge in [0.15, 0.2) is 0 Å². The number of halogens is 1. The number of alkyl carbamates (subject to hydrolysis) is 1. The molecule has 3 N–H and O–H groups in total. The van der Waals surface area contributed by atoms with Gasteiger partial charge in [0.1, 0.15) is 6.61 Å². The van der Waals surface area contributed by atoms with Crippen molar-refractivity contribution >= 4 is 27.9 Å². The molecule has 2 amide bonds. The van der Waals surface area contributed by atoms with Gasteiger partial charge in [0, 0.05) is 22.4 Å². The van der Waals surface area contributed by atoms with Gasteiger partial charge in [-0.15, -0.1) is 0 Å². The minimum atomic E-state index is -0.584. The molecule has 4 atom stereocenters. The highest BCUT2D eigenvalue weighted by atomic mass is 79.9. The van der Waals surface area contributed by atoms with Crippen molar-refractivity contribution in [2.24, 2.45) is 17.6 Å². The molecular formula is C23H24BrN3O3. The second kappa shape index (κ2) is 10.3. The number of nitriles is 1. The number of carbonyl (C=O) groups excluding carboxylic acids is 2. The van der Waals surface area contributed by atoms with Crippen LogP contribution in [-0.2, 0) is 16.1 Å². The van der Waals surface area contributed by atoms with Crippen LogP contribution in [0.5, 0.6) is 0 Å². The van der Waals surface area contributed by atoms with Crippen molar-refractivity contribution in [2.45, 2.75) is 37.8 Å². The van der Waals surface area contributed by atoms with Crippen molar-refractivity contribution in [3.05, 3.63) is 70.2 Å². The molecule has 3 rings (SSSR count). The number of primary amides is 1. The molecule has 30 heavy (non-hydrogen) atoms. The second-order valence-corrected chi connectivity index (χ2v) is 8.41. The number of nitrogens with zero attached hydrogens (tertiary/aromatic N) is 1. The van der Waals surface area contributed by atoms with Gasteiger partial charge in [-0.1, -0.05) is 64.8 Å². The molecule has 1 aliphatic rings. The normalized spacial score (nSPS) is 21.8. The molecule has 0 spiro atoms. The van der Waals surface area contributed by atoms with E-state index in [1.54, 1.807) is 0 Å². The van der Waals surface area contributed by atoms with Crippen molar-refractivity contribution in [1.29, 1.82) is 5.26 Å².